The molecule has 0 aliphatic carbocycles. The van der Waals surface area contributed by atoms with E-state index in [1.807, 2.05) is 24.3 Å². The van der Waals surface area contributed by atoms with Crippen molar-refractivity contribution in [2.75, 3.05) is 19.7 Å². The zero-order chi connectivity index (χ0) is 24.2. The first kappa shape index (κ1) is 24.6. The van der Waals surface area contributed by atoms with Crippen molar-refractivity contribution in [2.45, 2.75) is 71.6 Å². The molecule has 0 saturated carbocycles. The lowest BCUT2D eigenvalue weighted by Crippen LogP contribution is -2.68. The highest BCUT2D eigenvalue weighted by Crippen LogP contribution is 2.34. The third-order valence-electron chi connectivity index (χ3n) is 5.79. The molecule has 8 heteroatoms. The quantitative estimate of drug-likeness (QED) is 0.541. The van der Waals surface area contributed by atoms with Gasteiger partial charge in [0.15, 0.2) is 0 Å². The number of rotatable bonds is 8. The number of esters is 1. The summed E-state index contributed by atoms with van der Waals surface area (Å²) in [4.78, 5) is 41.4. The first-order valence-electron chi connectivity index (χ1n) is 11.5. The molecule has 1 fully saturated rings. The van der Waals surface area contributed by atoms with Crippen LogP contribution in [-0.2, 0) is 25.6 Å². The summed E-state index contributed by atoms with van der Waals surface area (Å²) in [5.41, 5.74) is 0.0282. The van der Waals surface area contributed by atoms with Crippen molar-refractivity contribution in [3.05, 3.63) is 36.1 Å². The number of carbonyl (C=O) groups is 3. The van der Waals surface area contributed by atoms with Gasteiger partial charge >= 0.3 is 12.1 Å². The lowest BCUT2D eigenvalue weighted by molar-refractivity contribution is -0.152. The van der Waals surface area contributed by atoms with Crippen molar-refractivity contribution in [1.82, 2.24) is 9.80 Å². The van der Waals surface area contributed by atoms with Crippen LogP contribution in [0.1, 0.15) is 59.4 Å². The van der Waals surface area contributed by atoms with Gasteiger partial charge in [0.05, 0.1) is 12.9 Å². The molecule has 180 valence electrons. The predicted octanol–water partition coefficient (Wildman–Crippen LogP) is 4.50. The van der Waals surface area contributed by atoms with E-state index in [1.54, 1.807) is 45.8 Å². The number of hydrogen-bond donors (Lipinski definition) is 0. The largest absolute Gasteiger partial charge is 0.466 e. The van der Waals surface area contributed by atoms with Crippen LogP contribution in [0.25, 0.3) is 11.0 Å². The minimum absolute atomic E-state index is 0.164. The van der Waals surface area contributed by atoms with Crippen molar-refractivity contribution in [3.63, 3.8) is 0 Å². The Morgan fingerprint density at radius 1 is 1.21 bits per heavy atom. The number of benzene rings is 1. The Morgan fingerprint density at radius 2 is 1.97 bits per heavy atom. The van der Waals surface area contributed by atoms with E-state index in [0.717, 1.165) is 16.5 Å². The van der Waals surface area contributed by atoms with Crippen LogP contribution in [-0.4, -0.2) is 58.6 Å². The fourth-order valence-corrected chi connectivity index (χ4v) is 3.95. The summed E-state index contributed by atoms with van der Waals surface area (Å²) < 4.78 is 16.0. The van der Waals surface area contributed by atoms with Gasteiger partial charge in [-0.3, -0.25) is 14.5 Å². The molecule has 0 bridgehead atoms. The summed E-state index contributed by atoms with van der Waals surface area (Å²) in [6.07, 6.45) is 2.38. The van der Waals surface area contributed by atoms with Gasteiger partial charge in [0.25, 0.3) is 0 Å². The number of hydrogen-bond acceptors (Lipinski definition) is 6. The van der Waals surface area contributed by atoms with Crippen LogP contribution >= 0.6 is 0 Å². The zero-order valence-electron chi connectivity index (χ0n) is 20.2. The molecule has 0 N–H and O–H groups in total. The molecule has 1 aromatic heterocycles. The molecule has 2 aromatic rings. The minimum atomic E-state index is -0.985. The third-order valence-corrected chi connectivity index (χ3v) is 5.79. The van der Waals surface area contributed by atoms with Gasteiger partial charge in [-0.2, -0.15) is 0 Å². The van der Waals surface area contributed by atoms with E-state index in [1.165, 1.54) is 4.90 Å². The van der Waals surface area contributed by atoms with Gasteiger partial charge in [0.1, 0.15) is 16.7 Å². The molecule has 1 aliphatic rings. The van der Waals surface area contributed by atoms with Crippen LogP contribution in [0.15, 0.2) is 34.9 Å². The fourth-order valence-electron chi connectivity index (χ4n) is 3.95. The van der Waals surface area contributed by atoms with Crippen molar-refractivity contribution in [3.8, 4) is 0 Å². The van der Waals surface area contributed by atoms with Gasteiger partial charge in [-0.1, -0.05) is 12.1 Å². The predicted molar refractivity (Wildman–Crippen MR) is 123 cm³/mol. The molecule has 1 atom stereocenters. The van der Waals surface area contributed by atoms with E-state index >= 15 is 0 Å². The van der Waals surface area contributed by atoms with E-state index in [2.05, 4.69) is 0 Å². The maximum absolute atomic E-state index is 13.7. The highest BCUT2D eigenvalue weighted by atomic mass is 16.6. The number of furan rings is 1. The smallest absolute Gasteiger partial charge is 0.411 e. The Kier molecular flexibility index (Phi) is 7.34. The molecule has 1 saturated heterocycles. The summed E-state index contributed by atoms with van der Waals surface area (Å²) in [6, 6.07) is 7.71. The molecular formula is C25H34N2O6. The number of amides is 2. The van der Waals surface area contributed by atoms with Crippen LogP contribution in [0.2, 0.25) is 0 Å². The standard InChI is InChI=1S/C25H34N2O6/c1-6-31-21(28)8-7-13-26(17-18-9-10-19-11-15-32-20(19)16-18)22(29)25(5)12-14-27(25)23(30)33-24(2,3)4/h9-11,15-16H,6-8,12-14,17H2,1-5H3. The second-order valence-corrected chi connectivity index (χ2v) is 9.58. The summed E-state index contributed by atoms with van der Waals surface area (Å²) in [6.45, 7) is 10.4. The number of nitrogens with zero attached hydrogens (tertiary/aromatic N) is 2. The molecule has 3 rings (SSSR count). The maximum atomic E-state index is 13.7. The molecule has 1 unspecified atom stereocenters. The minimum Gasteiger partial charge on any atom is -0.466 e. The van der Waals surface area contributed by atoms with Gasteiger partial charge in [-0.15, -0.1) is 0 Å². The van der Waals surface area contributed by atoms with E-state index in [0.29, 0.717) is 39.1 Å². The molecule has 2 heterocycles. The van der Waals surface area contributed by atoms with Crippen molar-refractivity contribution >= 4 is 28.9 Å². The van der Waals surface area contributed by atoms with Gasteiger partial charge in [-0.25, -0.2) is 4.79 Å². The Balaban J connectivity index is 1.77. The Labute approximate surface area is 194 Å². The third kappa shape index (κ3) is 5.86. The first-order chi connectivity index (χ1) is 15.5. The van der Waals surface area contributed by atoms with Gasteiger partial charge in [0, 0.05) is 31.4 Å². The van der Waals surface area contributed by atoms with Gasteiger partial charge in [-0.05, 0) is 65.2 Å². The van der Waals surface area contributed by atoms with E-state index in [9.17, 15) is 14.4 Å². The van der Waals surface area contributed by atoms with Crippen molar-refractivity contribution < 1.29 is 28.3 Å². The molecule has 2 amide bonds. The molecule has 8 nitrogen and oxygen atoms in total. The molecule has 33 heavy (non-hydrogen) atoms. The highest BCUT2D eigenvalue weighted by Gasteiger charge is 2.52. The van der Waals surface area contributed by atoms with Crippen LogP contribution in [0, 0.1) is 0 Å². The Bertz CT molecular complexity index is 1010. The summed E-state index contributed by atoms with van der Waals surface area (Å²) >= 11 is 0. The second kappa shape index (κ2) is 9.85. The summed E-state index contributed by atoms with van der Waals surface area (Å²) in [5, 5.41) is 0.987. The molecule has 0 spiro atoms. The lowest BCUT2D eigenvalue weighted by atomic mass is 9.85. The fraction of sp³-hybridized carbons (Fsp3) is 0.560. The summed E-state index contributed by atoms with van der Waals surface area (Å²) in [7, 11) is 0. The number of likely N-dealkylation sites (tertiary alicyclic amines) is 1. The molecule has 1 aromatic carbocycles. The van der Waals surface area contributed by atoms with E-state index in [-0.39, 0.29) is 18.3 Å². The highest BCUT2D eigenvalue weighted by molar-refractivity contribution is 5.91. The van der Waals surface area contributed by atoms with Crippen LogP contribution < -0.4 is 0 Å². The van der Waals surface area contributed by atoms with Crippen LogP contribution in [0.4, 0.5) is 4.79 Å². The van der Waals surface area contributed by atoms with Gasteiger partial charge < -0.3 is 18.8 Å². The zero-order valence-corrected chi connectivity index (χ0v) is 20.2. The average molecular weight is 459 g/mol. The number of carbonyl (C=O) groups excluding carboxylic acids is 3. The Hall–Kier alpha value is -3.03. The molecule has 1 aliphatic heterocycles. The first-order valence-corrected chi connectivity index (χ1v) is 11.5. The monoisotopic (exact) mass is 458 g/mol. The number of ether oxygens (including phenoxy) is 2. The Morgan fingerprint density at radius 3 is 2.61 bits per heavy atom. The molecular weight excluding hydrogens is 424 g/mol. The lowest BCUT2D eigenvalue weighted by Gasteiger charge is -2.50. The van der Waals surface area contributed by atoms with Crippen molar-refractivity contribution in [1.29, 1.82) is 0 Å². The summed E-state index contributed by atoms with van der Waals surface area (Å²) in [5.74, 6) is -0.449. The molecule has 0 radical (unpaired) electrons. The second-order valence-electron chi connectivity index (χ2n) is 9.58. The topological polar surface area (TPSA) is 89.3 Å². The van der Waals surface area contributed by atoms with E-state index in [4.69, 9.17) is 13.9 Å². The van der Waals surface area contributed by atoms with E-state index < -0.39 is 17.2 Å². The van der Waals surface area contributed by atoms with Crippen LogP contribution in [0.5, 0.6) is 0 Å². The SMILES string of the molecule is CCOC(=O)CCCN(Cc1ccc2ccoc2c1)C(=O)C1(C)CCN1C(=O)OC(C)(C)C. The maximum Gasteiger partial charge on any atom is 0.411 e. The average Bonchev–Trinajstić information content (AvgIpc) is 3.17. The number of fused-ring (bicyclic) bond motifs is 1. The normalized spacial score (nSPS) is 18.0. The van der Waals surface area contributed by atoms with Gasteiger partial charge in [0.2, 0.25) is 5.91 Å². The van der Waals surface area contributed by atoms with Crippen molar-refractivity contribution in [2.24, 2.45) is 0 Å². The van der Waals surface area contributed by atoms with Crippen LogP contribution in [0.3, 0.4) is 0 Å².